The molecular formula is C19H36N4O2. The molecule has 1 amide bonds. The van der Waals surface area contributed by atoms with Crippen molar-refractivity contribution in [3.63, 3.8) is 0 Å². The van der Waals surface area contributed by atoms with Crippen LogP contribution < -0.4 is 22.1 Å². The Balaban J connectivity index is 0.000000504. The normalized spacial score (nSPS) is 11.0. The summed E-state index contributed by atoms with van der Waals surface area (Å²) in [7, 11) is 0. The molecule has 144 valence electrons. The Labute approximate surface area is 152 Å². The number of aliphatic hydroxyl groups excluding tert-OH is 1. The molecule has 0 atom stereocenters. The van der Waals surface area contributed by atoms with Gasteiger partial charge in [0.05, 0.1) is 6.61 Å². The second-order valence-electron chi connectivity index (χ2n) is 7.17. The van der Waals surface area contributed by atoms with E-state index in [-0.39, 0.29) is 18.1 Å². The molecule has 0 aliphatic rings. The SMILES string of the molecule is CC(C)(CO)NCCCN.CC(C)CCNC(=O)c1ccc(N)cc1. The van der Waals surface area contributed by atoms with E-state index in [1.54, 1.807) is 24.3 Å². The third-order valence-electron chi connectivity index (χ3n) is 3.56. The highest BCUT2D eigenvalue weighted by Gasteiger charge is 2.13. The van der Waals surface area contributed by atoms with Crippen LogP contribution >= 0.6 is 0 Å². The fraction of sp³-hybridized carbons (Fsp3) is 0.632. The molecule has 7 N–H and O–H groups in total. The van der Waals surface area contributed by atoms with E-state index in [0.29, 0.717) is 23.7 Å². The first-order valence-electron chi connectivity index (χ1n) is 8.91. The lowest BCUT2D eigenvalue weighted by atomic mass is 10.1. The van der Waals surface area contributed by atoms with Gasteiger partial charge in [-0.1, -0.05) is 13.8 Å². The maximum atomic E-state index is 11.6. The molecule has 1 rings (SSSR count). The zero-order valence-corrected chi connectivity index (χ0v) is 16.1. The average molecular weight is 353 g/mol. The lowest BCUT2D eigenvalue weighted by Gasteiger charge is -2.23. The quantitative estimate of drug-likeness (QED) is 0.343. The van der Waals surface area contributed by atoms with Crippen molar-refractivity contribution in [3.05, 3.63) is 29.8 Å². The van der Waals surface area contributed by atoms with Crippen LogP contribution in [0.25, 0.3) is 0 Å². The van der Waals surface area contributed by atoms with E-state index in [9.17, 15) is 4.79 Å². The van der Waals surface area contributed by atoms with Crippen molar-refractivity contribution in [2.75, 3.05) is 32.0 Å². The molecule has 0 aliphatic carbocycles. The Kier molecular flexibility index (Phi) is 11.9. The van der Waals surface area contributed by atoms with E-state index in [2.05, 4.69) is 24.5 Å². The molecule has 0 saturated heterocycles. The second kappa shape index (κ2) is 12.7. The van der Waals surface area contributed by atoms with Crippen LogP contribution in [0.4, 0.5) is 5.69 Å². The van der Waals surface area contributed by atoms with Crippen molar-refractivity contribution in [2.24, 2.45) is 11.7 Å². The van der Waals surface area contributed by atoms with Gasteiger partial charge in [-0.05, 0) is 70.0 Å². The topological polar surface area (TPSA) is 113 Å². The Hall–Kier alpha value is -1.63. The monoisotopic (exact) mass is 352 g/mol. The summed E-state index contributed by atoms with van der Waals surface area (Å²) in [5.41, 5.74) is 12.0. The Morgan fingerprint density at radius 1 is 1.20 bits per heavy atom. The van der Waals surface area contributed by atoms with Gasteiger partial charge in [0, 0.05) is 23.3 Å². The molecule has 0 bridgehead atoms. The number of rotatable bonds is 9. The summed E-state index contributed by atoms with van der Waals surface area (Å²) in [6.07, 6.45) is 1.96. The number of anilines is 1. The van der Waals surface area contributed by atoms with Gasteiger partial charge in [-0.3, -0.25) is 4.79 Å². The van der Waals surface area contributed by atoms with Crippen molar-refractivity contribution < 1.29 is 9.90 Å². The van der Waals surface area contributed by atoms with Gasteiger partial charge in [0.15, 0.2) is 0 Å². The molecule has 6 nitrogen and oxygen atoms in total. The van der Waals surface area contributed by atoms with Crippen LogP contribution in [-0.4, -0.2) is 42.8 Å². The first-order valence-corrected chi connectivity index (χ1v) is 8.91. The predicted molar refractivity (Wildman–Crippen MR) is 105 cm³/mol. The highest BCUT2D eigenvalue weighted by molar-refractivity contribution is 5.94. The molecule has 0 unspecified atom stereocenters. The fourth-order valence-electron chi connectivity index (χ4n) is 1.80. The minimum absolute atomic E-state index is 0.0318. The molecule has 0 radical (unpaired) electrons. The molecule has 1 aromatic rings. The van der Waals surface area contributed by atoms with Crippen LogP contribution in [0.1, 0.15) is 50.9 Å². The standard InChI is InChI=1S/C12H18N2O.C7H18N2O/c1-9(2)7-8-14-12(15)10-3-5-11(13)6-4-10;1-7(2,6-10)9-5-3-4-8/h3-6,9H,7-8,13H2,1-2H3,(H,14,15);9-10H,3-6,8H2,1-2H3. The molecule has 0 fully saturated rings. The lowest BCUT2D eigenvalue weighted by Crippen LogP contribution is -2.43. The van der Waals surface area contributed by atoms with E-state index in [1.165, 1.54) is 0 Å². The van der Waals surface area contributed by atoms with Crippen molar-refractivity contribution in [1.29, 1.82) is 0 Å². The Morgan fingerprint density at radius 2 is 1.80 bits per heavy atom. The smallest absolute Gasteiger partial charge is 0.251 e. The highest BCUT2D eigenvalue weighted by atomic mass is 16.3. The van der Waals surface area contributed by atoms with E-state index in [0.717, 1.165) is 25.9 Å². The number of hydrogen-bond donors (Lipinski definition) is 5. The number of carbonyl (C=O) groups excluding carboxylic acids is 1. The van der Waals surface area contributed by atoms with Crippen molar-refractivity contribution in [1.82, 2.24) is 10.6 Å². The summed E-state index contributed by atoms with van der Waals surface area (Å²) in [4.78, 5) is 11.6. The van der Waals surface area contributed by atoms with E-state index in [4.69, 9.17) is 16.6 Å². The van der Waals surface area contributed by atoms with Crippen molar-refractivity contribution >= 4 is 11.6 Å². The predicted octanol–water partition coefficient (Wildman–Crippen LogP) is 1.74. The number of nitrogens with one attached hydrogen (secondary N) is 2. The summed E-state index contributed by atoms with van der Waals surface area (Å²) in [6.45, 7) is 10.7. The number of hydrogen-bond acceptors (Lipinski definition) is 5. The fourth-order valence-corrected chi connectivity index (χ4v) is 1.80. The zero-order valence-electron chi connectivity index (χ0n) is 16.1. The first-order chi connectivity index (χ1) is 11.7. The Morgan fingerprint density at radius 3 is 2.28 bits per heavy atom. The van der Waals surface area contributed by atoms with E-state index in [1.807, 2.05) is 13.8 Å². The van der Waals surface area contributed by atoms with Gasteiger partial charge in [0.1, 0.15) is 0 Å². The van der Waals surface area contributed by atoms with Crippen molar-refractivity contribution in [2.45, 2.75) is 46.1 Å². The number of benzene rings is 1. The van der Waals surface area contributed by atoms with Gasteiger partial charge >= 0.3 is 0 Å². The van der Waals surface area contributed by atoms with Crippen LogP contribution in [0.15, 0.2) is 24.3 Å². The average Bonchev–Trinajstić information content (AvgIpc) is 2.56. The van der Waals surface area contributed by atoms with Gasteiger partial charge in [-0.15, -0.1) is 0 Å². The molecule has 0 aromatic heterocycles. The third-order valence-corrected chi connectivity index (χ3v) is 3.56. The second-order valence-corrected chi connectivity index (χ2v) is 7.17. The van der Waals surface area contributed by atoms with Crippen LogP contribution in [0, 0.1) is 5.92 Å². The maximum absolute atomic E-state index is 11.6. The number of amides is 1. The van der Waals surface area contributed by atoms with Crippen LogP contribution in [0.2, 0.25) is 0 Å². The summed E-state index contributed by atoms with van der Waals surface area (Å²) in [6, 6.07) is 6.94. The molecule has 0 aliphatic heterocycles. The van der Waals surface area contributed by atoms with Gasteiger partial charge in [-0.2, -0.15) is 0 Å². The van der Waals surface area contributed by atoms with E-state index < -0.39 is 0 Å². The maximum Gasteiger partial charge on any atom is 0.251 e. The van der Waals surface area contributed by atoms with Gasteiger partial charge in [0.25, 0.3) is 5.91 Å². The molecule has 6 heteroatoms. The zero-order chi connectivity index (χ0) is 19.3. The number of nitrogens with two attached hydrogens (primary N) is 2. The van der Waals surface area contributed by atoms with Crippen molar-refractivity contribution in [3.8, 4) is 0 Å². The minimum atomic E-state index is -0.158. The molecule has 0 spiro atoms. The summed E-state index contributed by atoms with van der Waals surface area (Å²) >= 11 is 0. The van der Waals surface area contributed by atoms with Crippen LogP contribution in [-0.2, 0) is 0 Å². The largest absolute Gasteiger partial charge is 0.399 e. The number of nitrogen functional groups attached to an aromatic ring is 1. The lowest BCUT2D eigenvalue weighted by molar-refractivity contribution is 0.0952. The van der Waals surface area contributed by atoms with Gasteiger partial charge < -0.3 is 27.2 Å². The van der Waals surface area contributed by atoms with Crippen LogP contribution in [0.5, 0.6) is 0 Å². The number of aliphatic hydroxyl groups is 1. The highest BCUT2D eigenvalue weighted by Crippen LogP contribution is 2.05. The molecule has 0 saturated carbocycles. The third kappa shape index (κ3) is 12.4. The summed E-state index contributed by atoms with van der Waals surface area (Å²) in [5.74, 6) is 0.576. The molecule has 0 heterocycles. The molecular weight excluding hydrogens is 316 g/mol. The first kappa shape index (κ1) is 23.4. The molecule has 25 heavy (non-hydrogen) atoms. The van der Waals surface area contributed by atoms with Crippen LogP contribution in [0.3, 0.4) is 0 Å². The van der Waals surface area contributed by atoms with E-state index >= 15 is 0 Å². The number of carbonyl (C=O) groups is 1. The molecule has 1 aromatic carbocycles. The van der Waals surface area contributed by atoms with Gasteiger partial charge in [-0.25, -0.2) is 0 Å². The summed E-state index contributed by atoms with van der Waals surface area (Å²) < 4.78 is 0. The Bertz CT molecular complexity index is 473. The summed E-state index contributed by atoms with van der Waals surface area (Å²) in [5, 5.41) is 14.8. The van der Waals surface area contributed by atoms with Gasteiger partial charge in [0.2, 0.25) is 0 Å². The minimum Gasteiger partial charge on any atom is -0.399 e.